The number of nitrogens with zero attached hydrogens (tertiary/aromatic N) is 1. The SMILES string of the molecule is CSCCCCN1CCC(CCC(=O)O)C1. The summed E-state index contributed by atoms with van der Waals surface area (Å²) < 4.78 is 0. The third kappa shape index (κ3) is 5.75. The lowest BCUT2D eigenvalue weighted by Gasteiger charge is -2.15. The van der Waals surface area contributed by atoms with Crippen LogP contribution in [0.1, 0.15) is 32.1 Å². The zero-order valence-electron chi connectivity index (χ0n) is 10.2. The van der Waals surface area contributed by atoms with Crippen molar-refractivity contribution < 1.29 is 9.90 Å². The number of rotatable bonds is 8. The van der Waals surface area contributed by atoms with Gasteiger partial charge in [-0.15, -0.1) is 0 Å². The highest BCUT2D eigenvalue weighted by Crippen LogP contribution is 2.21. The molecule has 0 amide bonds. The predicted molar refractivity (Wildman–Crippen MR) is 69.0 cm³/mol. The Labute approximate surface area is 103 Å². The Morgan fingerprint density at radius 1 is 1.50 bits per heavy atom. The van der Waals surface area contributed by atoms with Crippen LogP contribution >= 0.6 is 11.8 Å². The Kier molecular flexibility index (Phi) is 6.88. The maximum atomic E-state index is 10.5. The smallest absolute Gasteiger partial charge is 0.303 e. The molecule has 0 radical (unpaired) electrons. The molecule has 4 heteroatoms. The van der Waals surface area contributed by atoms with Crippen LogP contribution in [0.4, 0.5) is 0 Å². The first kappa shape index (κ1) is 13.8. The minimum absolute atomic E-state index is 0.338. The van der Waals surface area contributed by atoms with E-state index in [4.69, 9.17) is 5.11 Å². The molecule has 1 fully saturated rings. The zero-order valence-corrected chi connectivity index (χ0v) is 11.0. The molecule has 0 aromatic heterocycles. The van der Waals surface area contributed by atoms with Crippen molar-refractivity contribution in [2.24, 2.45) is 5.92 Å². The first-order chi connectivity index (χ1) is 7.72. The van der Waals surface area contributed by atoms with E-state index in [1.165, 1.54) is 38.1 Å². The Morgan fingerprint density at radius 2 is 2.31 bits per heavy atom. The van der Waals surface area contributed by atoms with Gasteiger partial charge in [-0.05, 0) is 56.7 Å². The van der Waals surface area contributed by atoms with Crippen LogP contribution in [-0.2, 0) is 4.79 Å². The van der Waals surface area contributed by atoms with E-state index >= 15 is 0 Å². The molecule has 1 heterocycles. The molecule has 0 spiro atoms. The molecular formula is C12H23NO2S. The highest BCUT2D eigenvalue weighted by Gasteiger charge is 2.22. The second kappa shape index (κ2) is 7.96. The highest BCUT2D eigenvalue weighted by molar-refractivity contribution is 7.98. The van der Waals surface area contributed by atoms with Crippen molar-refractivity contribution >= 4 is 17.7 Å². The third-order valence-electron chi connectivity index (χ3n) is 3.21. The average molecular weight is 245 g/mol. The molecule has 0 aromatic rings. The van der Waals surface area contributed by atoms with E-state index in [0.29, 0.717) is 12.3 Å². The molecule has 94 valence electrons. The Balaban J connectivity index is 2.03. The van der Waals surface area contributed by atoms with E-state index < -0.39 is 5.97 Å². The van der Waals surface area contributed by atoms with E-state index in [0.717, 1.165) is 13.0 Å². The van der Waals surface area contributed by atoms with E-state index in [-0.39, 0.29) is 0 Å². The minimum atomic E-state index is -0.654. The summed E-state index contributed by atoms with van der Waals surface area (Å²) >= 11 is 1.91. The minimum Gasteiger partial charge on any atom is -0.481 e. The number of carboxylic acid groups (broad SMARTS) is 1. The molecule has 0 aliphatic carbocycles. The monoisotopic (exact) mass is 245 g/mol. The summed E-state index contributed by atoms with van der Waals surface area (Å²) in [7, 11) is 0. The number of carboxylic acids is 1. The second-order valence-corrected chi connectivity index (χ2v) is 5.57. The highest BCUT2D eigenvalue weighted by atomic mass is 32.2. The molecule has 0 bridgehead atoms. The van der Waals surface area contributed by atoms with Crippen LogP contribution in [0, 0.1) is 5.92 Å². The molecule has 3 nitrogen and oxygen atoms in total. The molecule has 0 aromatic carbocycles. The van der Waals surface area contributed by atoms with E-state index in [1.54, 1.807) is 0 Å². The van der Waals surface area contributed by atoms with Crippen molar-refractivity contribution in [3.63, 3.8) is 0 Å². The molecular weight excluding hydrogens is 222 g/mol. The van der Waals surface area contributed by atoms with Gasteiger partial charge < -0.3 is 10.0 Å². The van der Waals surface area contributed by atoms with Gasteiger partial charge in [0.25, 0.3) is 0 Å². The fourth-order valence-corrected chi connectivity index (χ4v) is 2.75. The summed E-state index contributed by atoms with van der Waals surface area (Å²) in [6.07, 6.45) is 7.12. The Hall–Kier alpha value is -0.220. The summed E-state index contributed by atoms with van der Waals surface area (Å²) in [6, 6.07) is 0. The van der Waals surface area contributed by atoms with E-state index in [9.17, 15) is 4.79 Å². The van der Waals surface area contributed by atoms with Gasteiger partial charge in [-0.1, -0.05) is 0 Å². The van der Waals surface area contributed by atoms with Crippen molar-refractivity contribution in [1.82, 2.24) is 4.90 Å². The maximum absolute atomic E-state index is 10.5. The summed E-state index contributed by atoms with van der Waals surface area (Å²) in [4.78, 5) is 13.0. The van der Waals surface area contributed by atoms with Crippen molar-refractivity contribution in [1.29, 1.82) is 0 Å². The quantitative estimate of drug-likeness (QED) is 0.666. The van der Waals surface area contributed by atoms with Crippen molar-refractivity contribution in [3.05, 3.63) is 0 Å². The topological polar surface area (TPSA) is 40.5 Å². The molecule has 1 unspecified atom stereocenters. The molecule has 16 heavy (non-hydrogen) atoms. The molecule has 0 saturated carbocycles. The number of carbonyl (C=O) groups is 1. The summed E-state index contributed by atoms with van der Waals surface area (Å²) in [6.45, 7) is 3.49. The van der Waals surface area contributed by atoms with E-state index in [1.807, 2.05) is 11.8 Å². The van der Waals surface area contributed by atoms with Gasteiger partial charge in [0.05, 0.1) is 0 Å². The number of hydrogen-bond donors (Lipinski definition) is 1. The normalized spacial score (nSPS) is 21.4. The molecule has 1 atom stereocenters. The van der Waals surface area contributed by atoms with Gasteiger partial charge in [0, 0.05) is 13.0 Å². The fourth-order valence-electron chi connectivity index (χ4n) is 2.26. The van der Waals surface area contributed by atoms with Gasteiger partial charge in [-0.2, -0.15) is 11.8 Å². The van der Waals surface area contributed by atoms with Gasteiger partial charge >= 0.3 is 5.97 Å². The van der Waals surface area contributed by atoms with Crippen LogP contribution < -0.4 is 0 Å². The van der Waals surface area contributed by atoms with Gasteiger partial charge in [0.15, 0.2) is 0 Å². The van der Waals surface area contributed by atoms with Crippen LogP contribution in [0.2, 0.25) is 0 Å². The van der Waals surface area contributed by atoms with Crippen molar-refractivity contribution in [3.8, 4) is 0 Å². The lowest BCUT2D eigenvalue weighted by Crippen LogP contribution is -2.22. The van der Waals surface area contributed by atoms with E-state index in [2.05, 4.69) is 11.2 Å². The molecule has 1 N–H and O–H groups in total. The zero-order chi connectivity index (χ0) is 11.8. The maximum Gasteiger partial charge on any atom is 0.303 e. The van der Waals surface area contributed by atoms with Gasteiger partial charge in [-0.3, -0.25) is 4.79 Å². The molecule has 1 saturated heterocycles. The largest absolute Gasteiger partial charge is 0.481 e. The summed E-state index contributed by atoms with van der Waals surface area (Å²) in [5, 5.41) is 8.62. The first-order valence-corrected chi connectivity index (χ1v) is 7.55. The second-order valence-electron chi connectivity index (χ2n) is 4.59. The van der Waals surface area contributed by atoms with Crippen LogP contribution in [0.5, 0.6) is 0 Å². The number of thioether (sulfide) groups is 1. The molecule has 1 aliphatic heterocycles. The third-order valence-corrected chi connectivity index (χ3v) is 3.91. The van der Waals surface area contributed by atoms with Crippen molar-refractivity contribution in [2.45, 2.75) is 32.1 Å². The number of likely N-dealkylation sites (tertiary alicyclic amines) is 1. The van der Waals surface area contributed by atoms with Crippen LogP contribution in [0.25, 0.3) is 0 Å². The van der Waals surface area contributed by atoms with Crippen LogP contribution in [0.3, 0.4) is 0 Å². The van der Waals surface area contributed by atoms with Gasteiger partial charge in [0.2, 0.25) is 0 Å². The first-order valence-electron chi connectivity index (χ1n) is 6.15. The summed E-state index contributed by atoms with van der Waals surface area (Å²) in [5.41, 5.74) is 0. The molecule has 1 aliphatic rings. The van der Waals surface area contributed by atoms with Crippen LogP contribution in [-0.4, -0.2) is 47.6 Å². The number of aliphatic carboxylic acids is 1. The van der Waals surface area contributed by atoms with Gasteiger partial charge in [0.1, 0.15) is 0 Å². The standard InChI is InChI=1S/C12H23NO2S/c1-16-9-3-2-7-13-8-6-11(10-13)4-5-12(14)15/h11H,2-10H2,1H3,(H,14,15). The van der Waals surface area contributed by atoms with Gasteiger partial charge in [-0.25, -0.2) is 0 Å². The predicted octanol–water partition coefficient (Wildman–Crippen LogP) is 2.32. The Morgan fingerprint density at radius 3 is 3.00 bits per heavy atom. The number of unbranched alkanes of at least 4 members (excludes halogenated alkanes) is 1. The lowest BCUT2D eigenvalue weighted by atomic mass is 10.0. The van der Waals surface area contributed by atoms with Crippen molar-refractivity contribution in [2.75, 3.05) is 31.6 Å². The summed E-state index contributed by atoms with van der Waals surface area (Å²) in [5.74, 6) is 1.23. The Bertz CT molecular complexity index is 211. The fraction of sp³-hybridized carbons (Fsp3) is 0.917. The lowest BCUT2D eigenvalue weighted by molar-refractivity contribution is -0.137. The van der Waals surface area contributed by atoms with Crippen LogP contribution in [0.15, 0.2) is 0 Å². The average Bonchev–Trinajstić information content (AvgIpc) is 2.70. The number of hydrogen-bond acceptors (Lipinski definition) is 3. The molecule has 1 rings (SSSR count).